The molecule has 0 fully saturated rings. The summed E-state index contributed by atoms with van der Waals surface area (Å²) < 4.78 is 36.7. The number of carbonyl (C=O) groups is 1. The monoisotopic (exact) mass is 386 g/mol. The molecule has 0 aliphatic carbocycles. The molecule has 0 aliphatic rings. The van der Waals surface area contributed by atoms with Gasteiger partial charge in [0.2, 0.25) is 5.91 Å². The Labute approximate surface area is 156 Å². The lowest BCUT2D eigenvalue weighted by atomic mass is 10.2. The van der Waals surface area contributed by atoms with E-state index in [-0.39, 0.29) is 37.1 Å². The molecule has 2 aromatic rings. The van der Waals surface area contributed by atoms with Crippen molar-refractivity contribution in [2.24, 2.45) is 5.73 Å². The average molecular weight is 387 g/mol. The molecule has 0 heterocycles. The maximum absolute atomic E-state index is 13.4. The van der Waals surface area contributed by atoms with Crippen LogP contribution in [0.4, 0.5) is 14.5 Å². The SMILES string of the molecule is Cl.NCCOc1ccc(NC(=O)CCCOc2ccc(F)cc2F)cc1. The standard InChI is InChI=1S/C18H20F2N2O3.ClH/c19-13-3-8-17(16(20)12-13)25-10-1-2-18(23)22-14-4-6-15(7-5-14)24-11-9-21;/h3-8,12H,1-2,9-11,21H2,(H,22,23);1H. The lowest BCUT2D eigenvalue weighted by Crippen LogP contribution is -2.13. The zero-order valence-electron chi connectivity index (χ0n) is 14.0. The number of nitrogens with two attached hydrogens (primary N) is 1. The largest absolute Gasteiger partial charge is 0.492 e. The highest BCUT2D eigenvalue weighted by Crippen LogP contribution is 2.18. The van der Waals surface area contributed by atoms with Crippen molar-refractivity contribution in [2.45, 2.75) is 12.8 Å². The summed E-state index contributed by atoms with van der Waals surface area (Å²) in [5.74, 6) is -0.961. The van der Waals surface area contributed by atoms with Crippen molar-refractivity contribution in [3.8, 4) is 11.5 Å². The number of hydrogen-bond acceptors (Lipinski definition) is 4. The predicted molar refractivity (Wildman–Crippen MR) is 98.0 cm³/mol. The van der Waals surface area contributed by atoms with E-state index in [2.05, 4.69) is 5.32 Å². The Kier molecular flexibility index (Phi) is 9.40. The second-order valence-corrected chi connectivity index (χ2v) is 5.24. The minimum absolute atomic E-state index is 0. The molecule has 3 N–H and O–H groups in total. The van der Waals surface area contributed by atoms with Crippen LogP contribution in [-0.4, -0.2) is 25.7 Å². The Morgan fingerprint density at radius 2 is 1.77 bits per heavy atom. The first-order valence-corrected chi connectivity index (χ1v) is 7.89. The van der Waals surface area contributed by atoms with Gasteiger partial charge >= 0.3 is 0 Å². The van der Waals surface area contributed by atoms with E-state index >= 15 is 0 Å². The molecule has 1 amide bonds. The summed E-state index contributed by atoms with van der Waals surface area (Å²) in [5.41, 5.74) is 6.00. The third kappa shape index (κ3) is 7.25. The predicted octanol–water partition coefficient (Wildman–Crippen LogP) is 3.52. The van der Waals surface area contributed by atoms with Crippen LogP contribution in [-0.2, 0) is 4.79 Å². The fraction of sp³-hybridized carbons (Fsp3) is 0.278. The van der Waals surface area contributed by atoms with Gasteiger partial charge in [-0.1, -0.05) is 0 Å². The Bertz CT molecular complexity index is 699. The molecular formula is C18H21ClF2N2O3. The summed E-state index contributed by atoms with van der Waals surface area (Å²) >= 11 is 0. The summed E-state index contributed by atoms with van der Waals surface area (Å²) in [6.07, 6.45) is 0.620. The summed E-state index contributed by atoms with van der Waals surface area (Å²) in [5, 5.41) is 2.74. The lowest BCUT2D eigenvalue weighted by molar-refractivity contribution is -0.116. The Balaban J connectivity index is 0.00000338. The minimum atomic E-state index is -0.763. The Morgan fingerprint density at radius 1 is 1.04 bits per heavy atom. The van der Waals surface area contributed by atoms with Crippen LogP contribution < -0.4 is 20.5 Å². The molecule has 0 bridgehead atoms. The minimum Gasteiger partial charge on any atom is -0.492 e. The molecule has 0 saturated carbocycles. The number of hydrogen-bond donors (Lipinski definition) is 2. The number of benzene rings is 2. The zero-order chi connectivity index (χ0) is 18.1. The van der Waals surface area contributed by atoms with Gasteiger partial charge < -0.3 is 20.5 Å². The van der Waals surface area contributed by atoms with E-state index in [1.54, 1.807) is 24.3 Å². The van der Waals surface area contributed by atoms with Gasteiger partial charge in [-0.3, -0.25) is 4.79 Å². The van der Waals surface area contributed by atoms with Gasteiger partial charge in [0, 0.05) is 24.7 Å². The third-order valence-electron chi connectivity index (χ3n) is 3.22. The van der Waals surface area contributed by atoms with Crippen LogP contribution >= 0.6 is 12.4 Å². The highest BCUT2D eigenvalue weighted by atomic mass is 35.5. The van der Waals surface area contributed by atoms with E-state index in [0.29, 0.717) is 31.0 Å². The quantitative estimate of drug-likeness (QED) is 0.647. The van der Waals surface area contributed by atoms with Gasteiger partial charge in [0.25, 0.3) is 0 Å². The molecule has 142 valence electrons. The van der Waals surface area contributed by atoms with Crippen molar-refractivity contribution in [3.05, 3.63) is 54.1 Å². The summed E-state index contributed by atoms with van der Waals surface area (Å²) in [6, 6.07) is 10.0. The van der Waals surface area contributed by atoms with Crippen molar-refractivity contribution in [2.75, 3.05) is 25.1 Å². The van der Waals surface area contributed by atoms with Crippen molar-refractivity contribution in [1.82, 2.24) is 0 Å². The molecule has 2 rings (SSSR count). The summed E-state index contributed by atoms with van der Waals surface area (Å²) in [4.78, 5) is 11.9. The first-order chi connectivity index (χ1) is 12.1. The molecule has 0 radical (unpaired) electrons. The summed E-state index contributed by atoms with van der Waals surface area (Å²) in [6.45, 7) is 1.02. The lowest BCUT2D eigenvalue weighted by Gasteiger charge is -2.09. The molecule has 8 heteroatoms. The second-order valence-electron chi connectivity index (χ2n) is 5.24. The number of nitrogens with one attached hydrogen (secondary N) is 1. The topological polar surface area (TPSA) is 73.6 Å². The first kappa shape index (κ1) is 21.7. The molecule has 0 spiro atoms. The number of halogens is 3. The number of anilines is 1. The van der Waals surface area contributed by atoms with Crippen molar-refractivity contribution >= 4 is 24.0 Å². The number of carbonyl (C=O) groups excluding carboxylic acids is 1. The van der Waals surface area contributed by atoms with Gasteiger partial charge in [-0.25, -0.2) is 8.78 Å². The fourth-order valence-electron chi connectivity index (χ4n) is 2.04. The van der Waals surface area contributed by atoms with Crippen LogP contribution in [0.1, 0.15) is 12.8 Å². The first-order valence-electron chi connectivity index (χ1n) is 7.89. The van der Waals surface area contributed by atoms with Gasteiger partial charge in [-0.15, -0.1) is 12.4 Å². The Morgan fingerprint density at radius 3 is 2.42 bits per heavy atom. The van der Waals surface area contributed by atoms with Gasteiger partial charge in [-0.05, 0) is 42.8 Å². The smallest absolute Gasteiger partial charge is 0.224 e. The molecule has 0 saturated heterocycles. The van der Waals surface area contributed by atoms with Crippen LogP contribution in [0.3, 0.4) is 0 Å². The van der Waals surface area contributed by atoms with Crippen molar-refractivity contribution in [3.63, 3.8) is 0 Å². The van der Waals surface area contributed by atoms with Crippen LogP contribution in [0.25, 0.3) is 0 Å². The van der Waals surface area contributed by atoms with Crippen LogP contribution in [0, 0.1) is 11.6 Å². The van der Waals surface area contributed by atoms with Gasteiger partial charge in [0.15, 0.2) is 11.6 Å². The third-order valence-corrected chi connectivity index (χ3v) is 3.22. The second kappa shape index (κ2) is 11.3. The maximum atomic E-state index is 13.4. The van der Waals surface area contributed by atoms with Crippen molar-refractivity contribution in [1.29, 1.82) is 0 Å². The van der Waals surface area contributed by atoms with E-state index in [1.165, 1.54) is 6.07 Å². The van der Waals surface area contributed by atoms with Gasteiger partial charge in [0.05, 0.1) is 6.61 Å². The molecule has 0 unspecified atom stereocenters. The highest BCUT2D eigenvalue weighted by molar-refractivity contribution is 5.90. The van der Waals surface area contributed by atoms with E-state index in [9.17, 15) is 13.6 Å². The van der Waals surface area contributed by atoms with Crippen LogP contribution in [0.2, 0.25) is 0 Å². The molecule has 5 nitrogen and oxygen atoms in total. The fourth-order valence-corrected chi connectivity index (χ4v) is 2.04. The average Bonchev–Trinajstić information content (AvgIpc) is 2.59. The van der Waals surface area contributed by atoms with E-state index in [1.807, 2.05) is 0 Å². The molecule has 0 aliphatic heterocycles. The maximum Gasteiger partial charge on any atom is 0.224 e. The normalized spacial score (nSPS) is 9.96. The van der Waals surface area contributed by atoms with Gasteiger partial charge in [0.1, 0.15) is 18.2 Å². The molecule has 0 atom stereocenters. The van der Waals surface area contributed by atoms with E-state index in [4.69, 9.17) is 15.2 Å². The highest BCUT2D eigenvalue weighted by Gasteiger charge is 2.06. The number of amides is 1. The number of rotatable bonds is 9. The molecule has 26 heavy (non-hydrogen) atoms. The van der Waals surface area contributed by atoms with Gasteiger partial charge in [-0.2, -0.15) is 0 Å². The van der Waals surface area contributed by atoms with Crippen LogP contribution in [0.5, 0.6) is 11.5 Å². The molecule has 2 aromatic carbocycles. The molecular weight excluding hydrogens is 366 g/mol. The Hall–Kier alpha value is -2.38. The molecule has 0 aromatic heterocycles. The van der Waals surface area contributed by atoms with Crippen LogP contribution in [0.15, 0.2) is 42.5 Å². The zero-order valence-corrected chi connectivity index (χ0v) is 14.9. The van der Waals surface area contributed by atoms with Crippen molar-refractivity contribution < 1.29 is 23.0 Å². The summed E-state index contributed by atoms with van der Waals surface area (Å²) in [7, 11) is 0. The van der Waals surface area contributed by atoms with E-state index in [0.717, 1.165) is 12.1 Å². The van der Waals surface area contributed by atoms with E-state index < -0.39 is 11.6 Å². The number of ether oxygens (including phenoxy) is 2.